The van der Waals surface area contributed by atoms with Crippen LogP contribution in [0.25, 0.3) is 5.69 Å². The summed E-state index contributed by atoms with van der Waals surface area (Å²) < 4.78 is 27.6. The monoisotopic (exact) mass is 384 g/mol. The molecule has 140 valence electrons. The molecule has 1 aliphatic rings. The van der Waals surface area contributed by atoms with Crippen molar-refractivity contribution in [1.82, 2.24) is 20.1 Å². The van der Waals surface area contributed by atoms with E-state index in [-0.39, 0.29) is 28.2 Å². The van der Waals surface area contributed by atoms with Gasteiger partial charge in [-0.15, -0.1) is 5.10 Å². The average molecular weight is 384 g/mol. The number of nitrogens with zero attached hydrogens (tertiary/aromatic N) is 4. The van der Waals surface area contributed by atoms with Crippen LogP contribution >= 0.6 is 0 Å². The predicted molar refractivity (Wildman–Crippen MR) is 88.4 cm³/mol. The third-order valence-electron chi connectivity index (χ3n) is 4.17. The number of hydrogen-bond donors (Lipinski definition) is 0. The highest BCUT2D eigenvalue weighted by Crippen LogP contribution is 2.24. The van der Waals surface area contributed by atoms with E-state index in [1.807, 2.05) is 0 Å². The van der Waals surface area contributed by atoms with Gasteiger partial charge in [-0.25, -0.2) is 18.3 Å². The Morgan fingerprint density at radius 3 is 2.25 bits per heavy atom. The third-order valence-corrected chi connectivity index (χ3v) is 4.17. The van der Waals surface area contributed by atoms with Crippen LogP contribution in [-0.4, -0.2) is 37.8 Å². The van der Waals surface area contributed by atoms with Crippen LogP contribution in [0, 0.1) is 18.6 Å². The molecule has 8 nitrogen and oxygen atoms in total. The molecule has 0 N–H and O–H groups in total. The van der Waals surface area contributed by atoms with Crippen molar-refractivity contribution in [2.75, 3.05) is 0 Å². The van der Waals surface area contributed by atoms with Gasteiger partial charge in [-0.05, 0) is 31.2 Å². The van der Waals surface area contributed by atoms with Crippen LogP contribution < -0.4 is 0 Å². The molecule has 2 heterocycles. The zero-order valence-electron chi connectivity index (χ0n) is 14.2. The minimum absolute atomic E-state index is 0.113. The lowest BCUT2D eigenvalue weighted by atomic mass is 10.1. The molecule has 28 heavy (non-hydrogen) atoms. The van der Waals surface area contributed by atoms with Gasteiger partial charge in [-0.3, -0.25) is 9.59 Å². The molecule has 0 radical (unpaired) electrons. The Balaban J connectivity index is 1.60. The first kappa shape index (κ1) is 17.5. The van der Waals surface area contributed by atoms with Crippen molar-refractivity contribution >= 4 is 17.8 Å². The molecule has 0 atom stereocenters. The summed E-state index contributed by atoms with van der Waals surface area (Å²) in [7, 11) is 0. The van der Waals surface area contributed by atoms with E-state index < -0.39 is 29.4 Å². The number of rotatable bonds is 3. The number of hydrogen-bond acceptors (Lipinski definition) is 6. The van der Waals surface area contributed by atoms with Gasteiger partial charge in [0.15, 0.2) is 17.3 Å². The number of fused-ring (bicyclic) bond motifs is 1. The molecule has 10 heteroatoms. The van der Waals surface area contributed by atoms with Crippen LogP contribution in [0.5, 0.6) is 0 Å². The second kappa shape index (κ2) is 6.34. The number of imide groups is 1. The van der Waals surface area contributed by atoms with Crippen molar-refractivity contribution < 1.29 is 28.0 Å². The van der Waals surface area contributed by atoms with E-state index in [9.17, 15) is 23.2 Å². The van der Waals surface area contributed by atoms with Gasteiger partial charge in [-0.2, -0.15) is 0 Å². The Morgan fingerprint density at radius 1 is 1.00 bits per heavy atom. The summed E-state index contributed by atoms with van der Waals surface area (Å²) in [5, 5.41) is 7.73. The Morgan fingerprint density at radius 2 is 1.64 bits per heavy atom. The normalized spacial score (nSPS) is 13.0. The smallest absolute Gasteiger partial charge is 0.322 e. The maximum Gasteiger partial charge on any atom is 0.385 e. The summed E-state index contributed by atoms with van der Waals surface area (Å²) in [5.74, 6) is -4.78. The first-order valence-electron chi connectivity index (χ1n) is 7.96. The second-order valence-corrected chi connectivity index (χ2v) is 5.86. The van der Waals surface area contributed by atoms with Crippen molar-refractivity contribution in [3.8, 4) is 5.69 Å². The van der Waals surface area contributed by atoms with Crippen LogP contribution in [0.1, 0.15) is 36.9 Å². The van der Waals surface area contributed by atoms with Crippen molar-refractivity contribution in [2.24, 2.45) is 0 Å². The summed E-state index contributed by atoms with van der Waals surface area (Å²) in [4.78, 5) is 41.9. The summed E-state index contributed by atoms with van der Waals surface area (Å²) in [6, 6.07) is 9.07. The predicted octanol–water partition coefficient (Wildman–Crippen LogP) is 2.22. The molecule has 0 bridgehead atoms. The zero-order chi connectivity index (χ0) is 20.0. The SMILES string of the molecule is Cc1c(C(=O)ON2C(=O)c3ccccc3C2=O)nnn1-c1ccc(F)c(F)c1. The molecule has 2 aromatic carbocycles. The lowest BCUT2D eigenvalue weighted by molar-refractivity contribution is -0.0589. The molecule has 1 aromatic heterocycles. The van der Waals surface area contributed by atoms with Gasteiger partial charge in [0.2, 0.25) is 0 Å². The highest BCUT2D eigenvalue weighted by atomic mass is 19.2. The molecule has 0 fully saturated rings. The van der Waals surface area contributed by atoms with Crippen molar-refractivity contribution in [2.45, 2.75) is 6.92 Å². The largest absolute Gasteiger partial charge is 0.385 e. The Labute approximate surface area is 155 Å². The van der Waals surface area contributed by atoms with Gasteiger partial charge in [0.25, 0.3) is 11.8 Å². The van der Waals surface area contributed by atoms with Gasteiger partial charge < -0.3 is 4.84 Å². The summed E-state index contributed by atoms with van der Waals surface area (Å²) in [6.07, 6.45) is 0. The Kier molecular flexibility index (Phi) is 3.95. The molecule has 0 spiro atoms. The van der Waals surface area contributed by atoms with E-state index in [0.717, 1.165) is 16.8 Å². The number of amides is 2. The number of aromatic nitrogens is 3. The van der Waals surface area contributed by atoms with Crippen LogP contribution in [0.2, 0.25) is 0 Å². The summed E-state index contributed by atoms with van der Waals surface area (Å²) in [5.41, 5.74) is 0.211. The minimum Gasteiger partial charge on any atom is -0.322 e. The van der Waals surface area contributed by atoms with E-state index in [4.69, 9.17) is 4.84 Å². The highest BCUT2D eigenvalue weighted by molar-refractivity contribution is 6.21. The molecule has 1 aliphatic heterocycles. The third kappa shape index (κ3) is 2.62. The molecule has 4 rings (SSSR count). The fourth-order valence-corrected chi connectivity index (χ4v) is 2.76. The number of halogens is 2. The van der Waals surface area contributed by atoms with Gasteiger partial charge in [0.1, 0.15) is 0 Å². The van der Waals surface area contributed by atoms with Crippen LogP contribution in [-0.2, 0) is 4.84 Å². The number of hydroxylamine groups is 2. The van der Waals surface area contributed by atoms with E-state index in [1.54, 1.807) is 12.1 Å². The van der Waals surface area contributed by atoms with E-state index in [1.165, 1.54) is 25.1 Å². The van der Waals surface area contributed by atoms with Crippen LogP contribution in [0.4, 0.5) is 8.78 Å². The van der Waals surface area contributed by atoms with Crippen molar-refractivity contribution in [3.05, 3.63) is 76.6 Å². The molecule has 0 aliphatic carbocycles. The summed E-state index contributed by atoms with van der Waals surface area (Å²) >= 11 is 0. The van der Waals surface area contributed by atoms with Gasteiger partial charge >= 0.3 is 5.97 Å². The molecule has 2 amide bonds. The van der Waals surface area contributed by atoms with Crippen LogP contribution in [0.3, 0.4) is 0 Å². The molecule has 0 saturated carbocycles. The Bertz CT molecular complexity index is 1120. The van der Waals surface area contributed by atoms with Crippen molar-refractivity contribution in [1.29, 1.82) is 0 Å². The highest BCUT2D eigenvalue weighted by Gasteiger charge is 2.39. The van der Waals surface area contributed by atoms with E-state index >= 15 is 0 Å². The van der Waals surface area contributed by atoms with Gasteiger partial charge in [0.05, 0.1) is 22.5 Å². The lowest BCUT2D eigenvalue weighted by Crippen LogP contribution is -2.33. The van der Waals surface area contributed by atoms with E-state index in [0.29, 0.717) is 5.06 Å². The zero-order valence-corrected chi connectivity index (χ0v) is 14.2. The first-order valence-corrected chi connectivity index (χ1v) is 7.96. The number of carbonyl (C=O) groups is 3. The molecule has 0 saturated heterocycles. The number of benzene rings is 2. The molecule has 3 aromatic rings. The Hall–Kier alpha value is -3.95. The topological polar surface area (TPSA) is 94.4 Å². The minimum atomic E-state index is -1.10. The average Bonchev–Trinajstić information content (AvgIpc) is 3.18. The quantitative estimate of drug-likeness (QED) is 0.643. The first-order chi connectivity index (χ1) is 13.4. The fourth-order valence-electron chi connectivity index (χ4n) is 2.76. The van der Waals surface area contributed by atoms with Crippen LogP contribution in [0.15, 0.2) is 42.5 Å². The number of carbonyl (C=O) groups excluding carboxylic acids is 3. The maximum absolute atomic E-state index is 13.4. The van der Waals surface area contributed by atoms with Crippen molar-refractivity contribution in [3.63, 3.8) is 0 Å². The van der Waals surface area contributed by atoms with E-state index in [2.05, 4.69) is 10.3 Å². The summed E-state index contributed by atoms with van der Waals surface area (Å²) in [6.45, 7) is 1.44. The molecule has 0 unspecified atom stereocenters. The standard InChI is InChI=1S/C18H10F2N4O4/c1-9-15(21-22-23(9)10-6-7-13(19)14(20)8-10)18(27)28-24-16(25)11-4-2-3-5-12(11)17(24)26/h2-8H,1H3. The second-order valence-electron chi connectivity index (χ2n) is 5.86. The molecular formula is C18H10F2N4O4. The van der Waals surface area contributed by atoms with Gasteiger partial charge in [0, 0.05) is 6.07 Å². The lowest BCUT2D eigenvalue weighted by Gasteiger charge is -2.11. The van der Waals surface area contributed by atoms with Gasteiger partial charge in [-0.1, -0.05) is 22.4 Å². The molecular weight excluding hydrogens is 374 g/mol. The fraction of sp³-hybridized carbons (Fsp3) is 0.0556. The maximum atomic E-state index is 13.4.